The highest BCUT2D eigenvalue weighted by atomic mass is 19.1. The zero-order valence-corrected chi connectivity index (χ0v) is 14.9. The van der Waals surface area contributed by atoms with Gasteiger partial charge in [-0.3, -0.25) is 4.79 Å². The molecule has 2 N–H and O–H groups in total. The molecule has 26 heavy (non-hydrogen) atoms. The highest BCUT2D eigenvalue weighted by Gasteiger charge is 2.23. The van der Waals surface area contributed by atoms with Gasteiger partial charge in [-0.1, -0.05) is 0 Å². The first-order chi connectivity index (χ1) is 12.5. The second-order valence-electron chi connectivity index (χ2n) is 6.37. The molecule has 0 bridgehead atoms. The van der Waals surface area contributed by atoms with Crippen molar-refractivity contribution in [1.82, 2.24) is 10.2 Å². The van der Waals surface area contributed by atoms with E-state index in [2.05, 4.69) is 10.6 Å². The summed E-state index contributed by atoms with van der Waals surface area (Å²) in [5.74, 6) is -0.875. The van der Waals surface area contributed by atoms with Crippen molar-refractivity contribution in [3.8, 4) is 0 Å². The minimum absolute atomic E-state index is 0.0271. The fraction of sp³-hybridized carbons (Fsp3) is 0.556. The number of halogens is 2. The van der Waals surface area contributed by atoms with E-state index in [4.69, 9.17) is 4.74 Å². The Hall–Kier alpha value is -2.22. The first-order valence-electron chi connectivity index (χ1n) is 8.76. The number of carbonyl (C=O) groups is 2. The van der Waals surface area contributed by atoms with Crippen LogP contribution in [0.4, 0.5) is 19.3 Å². The molecular formula is C18H25F2N3O3. The number of anilines is 1. The van der Waals surface area contributed by atoms with Crippen molar-refractivity contribution in [3.63, 3.8) is 0 Å². The molecule has 1 aliphatic heterocycles. The monoisotopic (exact) mass is 369 g/mol. The molecule has 1 saturated heterocycles. The van der Waals surface area contributed by atoms with E-state index in [-0.39, 0.29) is 11.6 Å². The molecule has 6 nitrogen and oxygen atoms in total. The number of rotatable bonds is 7. The van der Waals surface area contributed by atoms with Crippen LogP contribution < -0.4 is 10.6 Å². The summed E-state index contributed by atoms with van der Waals surface area (Å²) >= 11 is 0. The lowest BCUT2D eigenvalue weighted by Crippen LogP contribution is -2.41. The number of methoxy groups -OCH3 is 1. The molecule has 1 fully saturated rings. The first-order valence-corrected chi connectivity index (χ1v) is 8.76. The molecule has 1 aliphatic rings. The summed E-state index contributed by atoms with van der Waals surface area (Å²) in [7, 11) is 1.56. The molecule has 0 aliphatic carbocycles. The van der Waals surface area contributed by atoms with Gasteiger partial charge in [-0.05, 0) is 37.3 Å². The number of ether oxygens (including phenoxy) is 1. The number of hydrogen-bond acceptors (Lipinski definition) is 3. The van der Waals surface area contributed by atoms with E-state index < -0.39 is 17.7 Å². The number of benzene rings is 1. The quantitative estimate of drug-likeness (QED) is 0.776. The summed E-state index contributed by atoms with van der Waals surface area (Å²) < 4.78 is 31.6. The molecule has 0 saturated carbocycles. The lowest BCUT2D eigenvalue weighted by molar-refractivity contribution is -0.122. The summed E-state index contributed by atoms with van der Waals surface area (Å²) in [5, 5.41) is 5.27. The van der Waals surface area contributed by atoms with Crippen molar-refractivity contribution < 1.29 is 23.1 Å². The summed E-state index contributed by atoms with van der Waals surface area (Å²) in [6.45, 7) is 2.11. The summed E-state index contributed by atoms with van der Waals surface area (Å²) in [4.78, 5) is 25.3. The molecule has 144 valence electrons. The molecular weight excluding hydrogens is 344 g/mol. The van der Waals surface area contributed by atoms with Crippen LogP contribution in [0.1, 0.15) is 25.7 Å². The van der Waals surface area contributed by atoms with Crippen LogP contribution in [0.2, 0.25) is 0 Å². The molecule has 0 spiro atoms. The van der Waals surface area contributed by atoms with Crippen LogP contribution in [0, 0.1) is 17.6 Å². The summed E-state index contributed by atoms with van der Waals surface area (Å²) in [6.07, 6.45) is 2.83. The molecule has 8 heteroatoms. The largest absolute Gasteiger partial charge is 0.384 e. The average Bonchev–Trinajstić information content (AvgIpc) is 2.63. The van der Waals surface area contributed by atoms with Crippen LogP contribution in [0.5, 0.6) is 0 Å². The molecule has 3 amide bonds. The van der Waals surface area contributed by atoms with Crippen molar-refractivity contribution in [2.24, 2.45) is 5.92 Å². The van der Waals surface area contributed by atoms with Gasteiger partial charge >= 0.3 is 6.03 Å². The van der Waals surface area contributed by atoms with Crippen molar-refractivity contribution in [3.05, 3.63) is 29.8 Å². The standard InChI is InChI=1S/C18H25F2N3O3/c1-26-11-7-17(24)21-8-4-13-5-9-23(10-6-13)18(25)22-16-12-14(19)2-3-15(16)20/h2-3,12-13H,4-11H2,1H3,(H,21,24)(H,22,25). The Morgan fingerprint density at radius 3 is 2.69 bits per heavy atom. The van der Waals surface area contributed by atoms with Crippen LogP contribution in [-0.2, 0) is 9.53 Å². The maximum absolute atomic E-state index is 13.6. The van der Waals surface area contributed by atoms with Crippen molar-refractivity contribution >= 4 is 17.6 Å². The number of amides is 3. The van der Waals surface area contributed by atoms with Crippen LogP contribution in [0.25, 0.3) is 0 Å². The number of nitrogens with zero attached hydrogens (tertiary/aromatic N) is 1. The highest BCUT2D eigenvalue weighted by Crippen LogP contribution is 2.22. The van der Waals surface area contributed by atoms with Gasteiger partial charge in [-0.15, -0.1) is 0 Å². The predicted octanol–water partition coefficient (Wildman–Crippen LogP) is 2.75. The van der Waals surface area contributed by atoms with E-state index in [1.807, 2.05) is 0 Å². The molecule has 1 aromatic carbocycles. The number of carbonyl (C=O) groups excluding carboxylic acids is 2. The zero-order chi connectivity index (χ0) is 18.9. The maximum atomic E-state index is 13.6. The fourth-order valence-electron chi connectivity index (χ4n) is 2.91. The van der Waals surface area contributed by atoms with Gasteiger partial charge in [0.1, 0.15) is 11.6 Å². The average molecular weight is 369 g/mol. The Morgan fingerprint density at radius 1 is 1.27 bits per heavy atom. The van der Waals surface area contributed by atoms with Crippen LogP contribution >= 0.6 is 0 Å². The second kappa shape index (κ2) is 10.1. The molecule has 2 rings (SSSR count). The van der Waals surface area contributed by atoms with E-state index in [0.717, 1.165) is 37.5 Å². The van der Waals surface area contributed by atoms with Gasteiger partial charge in [0, 0.05) is 39.2 Å². The summed E-state index contributed by atoms with van der Waals surface area (Å²) in [6, 6.07) is 2.52. The summed E-state index contributed by atoms with van der Waals surface area (Å²) in [5.41, 5.74) is -0.157. The molecule has 1 aromatic rings. The third kappa shape index (κ3) is 6.25. The smallest absolute Gasteiger partial charge is 0.321 e. The van der Waals surface area contributed by atoms with E-state index in [9.17, 15) is 18.4 Å². The van der Waals surface area contributed by atoms with Crippen LogP contribution in [0.3, 0.4) is 0 Å². The zero-order valence-electron chi connectivity index (χ0n) is 14.9. The number of hydrogen-bond donors (Lipinski definition) is 2. The normalized spacial score (nSPS) is 15.0. The fourth-order valence-corrected chi connectivity index (χ4v) is 2.91. The lowest BCUT2D eigenvalue weighted by atomic mass is 9.93. The van der Waals surface area contributed by atoms with Crippen molar-refractivity contribution in [2.75, 3.05) is 38.7 Å². The van der Waals surface area contributed by atoms with E-state index in [0.29, 0.717) is 38.6 Å². The first kappa shape index (κ1) is 20.1. The highest BCUT2D eigenvalue weighted by molar-refractivity contribution is 5.89. The molecule has 0 aromatic heterocycles. The number of likely N-dealkylation sites (tertiary alicyclic amines) is 1. The minimum atomic E-state index is -0.668. The van der Waals surface area contributed by atoms with E-state index in [1.165, 1.54) is 0 Å². The number of nitrogens with one attached hydrogen (secondary N) is 2. The van der Waals surface area contributed by atoms with Crippen LogP contribution in [-0.4, -0.2) is 50.2 Å². The van der Waals surface area contributed by atoms with Gasteiger partial charge in [0.25, 0.3) is 0 Å². The Labute approximate surface area is 151 Å². The van der Waals surface area contributed by atoms with Gasteiger partial charge in [-0.25, -0.2) is 13.6 Å². The third-order valence-corrected chi connectivity index (χ3v) is 4.48. The Morgan fingerprint density at radius 2 is 2.00 bits per heavy atom. The molecule has 0 atom stereocenters. The van der Waals surface area contributed by atoms with E-state index in [1.54, 1.807) is 12.0 Å². The lowest BCUT2D eigenvalue weighted by Gasteiger charge is -2.32. The Kier molecular flexibility index (Phi) is 7.77. The van der Waals surface area contributed by atoms with Crippen molar-refractivity contribution in [1.29, 1.82) is 0 Å². The van der Waals surface area contributed by atoms with Gasteiger partial charge in [0.05, 0.1) is 12.3 Å². The van der Waals surface area contributed by atoms with E-state index >= 15 is 0 Å². The SMILES string of the molecule is COCCC(=O)NCCC1CCN(C(=O)Nc2cc(F)ccc2F)CC1. The predicted molar refractivity (Wildman–Crippen MR) is 93.8 cm³/mol. The topological polar surface area (TPSA) is 70.7 Å². The van der Waals surface area contributed by atoms with Gasteiger partial charge < -0.3 is 20.3 Å². The number of piperidine rings is 1. The Balaban J connectivity index is 1.70. The van der Waals surface area contributed by atoms with Crippen LogP contribution in [0.15, 0.2) is 18.2 Å². The number of urea groups is 1. The Bertz CT molecular complexity index is 620. The maximum Gasteiger partial charge on any atom is 0.321 e. The third-order valence-electron chi connectivity index (χ3n) is 4.48. The van der Waals surface area contributed by atoms with Crippen molar-refractivity contribution in [2.45, 2.75) is 25.7 Å². The minimum Gasteiger partial charge on any atom is -0.384 e. The van der Waals surface area contributed by atoms with Gasteiger partial charge in [0.15, 0.2) is 0 Å². The van der Waals surface area contributed by atoms with Gasteiger partial charge in [0.2, 0.25) is 5.91 Å². The molecule has 1 heterocycles. The second-order valence-corrected chi connectivity index (χ2v) is 6.37. The van der Waals surface area contributed by atoms with Gasteiger partial charge in [-0.2, -0.15) is 0 Å². The molecule has 0 unspecified atom stereocenters. The molecule has 0 radical (unpaired) electrons.